The Labute approximate surface area is 195 Å². The lowest BCUT2D eigenvalue weighted by Crippen LogP contribution is -2.20. The maximum absolute atomic E-state index is 13.0. The van der Waals surface area contributed by atoms with E-state index >= 15 is 0 Å². The van der Waals surface area contributed by atoms with Crippen LogP contribution in [0.3, 0.4) is 0 Å². The first-order valence-corrected chi connectivity index (χ1v) is 11.4. The number of terminal acetylenes is 1. The van der Waals surface area contributed by atoms with Crippen molar-refractivity contribution in [3.63, 3.8) is 0 Å². The summed E-state index contributed by atoms with van der Waals surface area (Å²) in [5.41, 5.74) is 3.15. The summed E-state index contributed by atoms with van der Waals surface area (Å²) in [5.74, 6) is 3.26. The van der Waals surface area contributed by atoms with E-state index in [1.807, 2.05) is 12.1 Å². The van der Waals surface area contributed by atoms with Crippen molar-refractivity contribution in [2.75, 3.05) is 46.2 Å². The van der Waals surface area contributed by atoms with Gasteiger partial charge in [0.1, 0.15) is 17.2 Å². The molecule has 2 aromatic carbocycles. The average molecular weight is 454 g/mol. The zero-order chi connectivity index (χ0) is 23.1. The minimum absolute atomic E-state index is 0.210. The summed E-state index contributed by atoms with van der Waals surface area (Å²) in [4.78, 5) is 0. The van der Waals surface area contributed by atoms with Crippen molar-refractivity contribution >= 4 is 11.0 Å². The van der Waals surface area contributed by atoms with E-state index in [1.165, 1.54) is 12.1 Å². The molecule has 0 aliphatic heterocycles. The summed E-state index contributed by atoms with van der Waals surface area (Å²) in [7, 11) is 0. The van der Waals surface area contributed by atoms with E-state index in [0.29, 0.717) is 46.1 Å². The number of fused-ring (bicyclic) bond motifs is 1. The first-order valence-electron chi connectivity index (χ1n) is 11.4. The van der Waals surface area contributed by atoms with Gasteiger partial charge in [0, 0.05) is 31.3 Å². The number of ether oxygens (including phenoxy) is 3. The highest BCUT2D eigenvalue weighted by Crippen LogP contribution is 2.22. The van der Waals surface area contributed by atoms with Crippen LogP contribution in [0.2, 0.25) is 0 Å². The second-order valence-electron chi connectivity index (χ2n) is 7.68. The number of hydrogen-bond acceptors (Lipinski definition) is 5. The van der Waals surface area contributed by atoms with Crippen molar-refractivity contribution in [2.45, 2.75) is 25.8 Å². The number of furan rings is 1. The highest BCUT2D eigenvalue weighted by Gasteiger charge is 2.06. The van der Waals surface area contributed by atoms with Crippen molar-refractivity contribution in [2.24, 2.45) is 0 Å². The maximum Gasteiger partial charge on any atom is 0.134 e. The molecule has 0 amide bonds. The summed E-state index contributed by atoms with van der Waals surface area (Å²) in [6, 6.07) is 15.0. The van der Waals surface area contributed by atoms with Gasteiger partial charge in [-0.15, -0.1) is 12.3 Å². The molecule has 0 bridgehead atoms. The molecule has 0 aliphatic rings. The predicted molar refractivity (Wildman–Crippen MR) is 128 cm³/mol. The zero-order valence-corrected chi connectivity index (χ0v) is 19.0. The predicted octanol–water partition coefficient (Wildman–Crippen LogP) is 4.52. The Morgan fingerprint density at radius 2 is 1.52 bits per heavy atom. The van der Waals surface area contributed by atoms with Crippen molar-refractivity contribution in [3.05, 3.63) is 71.2 Å². The first kappa shape index (κ1) is 24.9. The molecule has 6 heteroatoms. The third-order valence-electron chi connectivity index (χ3n) is 5.10. The molecule has 0 unspecified atom stereocenters. The van der Waals surface area contributed by atoms with Gasteiger partial charge in [-0.2, -0.15) is 0 Å². The highest BCUT2D eigenvalue weighted by molar-refractivity contribution is 5.78. The standard InChI is InChI=1S/C27H32FNO4/c1-2-3-13-30-15-17-32-18-16-31-14-12-29-21-23-4-8-24-20-26(33-27(24)19-23)11-7-22-5-9-25(28)10-6-22/h1,4-6,8-10,19-20,29H,3,7,11-18,21H2. The molecule has 1 N–H and O–H groups in total. The van der Waals surface area contributed by atoms with Crippen molar-refractivity contribution in [1.29, 1.82) is 0 Å². The van der Waals surface area contributed by atoms with Crippen LogP contribution < -0.4 is 5.32 Å². The van der Waals surface area contributed by atoms with Crippen LogP contribution in [-0.2, 0) is 33.6 Å². The van der Waals surface area contributed by atoms with Gasteiger partial charge in [0.2, 0.25) is 0 Å². The summed E-state index contributed by atoms with van der Waals surface area (Å²) in [5, 5.41) is 4.48. The fraction of sp³-hybridized carbons (Fsp3) is 0.407. The molecule has 1 aromatic heterocycles. The molecule has 0 aliphatic carbocycles. The van der Waals surface area contributed by atoms with E-state index in [1.54, 1.807) is 0 Å². The number of halogens is 1. The zero-order valence-electron chi connectivity index (χ0n) is 19.0. The first-order chi connectivity index (χ1) is 16.2. The number of hydrogen-bond donors (Lipinski definition) is 1. The SMILES string of the molecule is C#CCCOCCOCCOCCNCc1ccc2cc(CCc3ccc(F)cc3)oc2c1. The van der Waals surface area contributed by atoms with Gasteiger partial charge in [-0.25, -0.2) is 4.39 Å². The molecule has 1 heterocycles. The van der Waals surface area contributed by atoms with Gasteiger partial charge in [-0.05, 0) is 41.8 Å². The molecule has 3 aromatic rings. The number of rotatable bonds is 16. The van der Waals surface area contributed by atoms with Crippen molar-refractivity contribution in [1.82, 2.24) is 5.32 Å². The van der Waals surface area contributed by atoms with Crippen molar-refractivity contribution in [3.8, 4) is 12.3 Å². The molecule has 0 spiro atoms. The summed E-state index contributed by atoms with van der Waals surface area (Å²) in [6.45, 7) is 4.92. The minimum atomic E-state index is -0.210. The molecular weight excluding hydrogens is 421 g/mol. The van der Waals surface area contributed by atoms with Crippen LogP contribution in [-0.4, -0.2) is 46.2 Å². The third-order valence-corrected chi connectivity index (χ3v) is 5.10. The van der Waals surface area contributed by atoms with Crippen LogP contribution >= 0.6 is 0 Å². The van der Waals surface area contributed by atoms with E-state index in [9.17, 15) is 4.39 Å². The largest absolute Gasteiger partial charge is 0.461 e. The Hall–Kier alpha value is -2.69. The summed E-state index contributed by atoms with van der Waals surface area (Å²) >= 11 is 0. The molecule has 0 saturated carbocycles. The van der Waals surface area contributed by atoms with Gasteiger partial charge < -0.3 is 23.9 Å². The second kappa shape index (κ2) is 14.5. The van der Waals surface area contributed by atoms with Crippen molar-refractivity contribution < 1.29 is 23.0 Å². The van der Waals surface area contributed by atoms with E-state index in [2.05, 4.69) is 35.5 Å². The number of nitrogens with one attached hydrogen (secondary N) is 1. The topological polar surface area (TPSA) is 52.9 Å². The van der Waals surface area contributed by atoms with Crippen LogP contribution in [0.4, 0.5) is 4.39 Å². The number of benzene rings is 2. The lowest BCUT2D eigenvalue weighted by molar-refractivity contribution is 0.0161. The quantitative estimate of drug-likeness (QED) is 0.255. The monoisotopic (exact) mass is 453 g/mol. The van der Waals surface area contributed by atoms with Gasteiger partial charge in [-0.3, -0.25) is 0 Å². The van der Waals surface area contributed by atoms with Crippen LogP contribution in [0.15, 0.2) is 52.9 Å². The molecule has 176 valence electrons. The lowest BCUT2D eigenvalue weighted by Gasteiger charge is -2.07. The molecule has 0 fully saturated rings. The van der Waals surface area contributed by atoms with E-state index in [0.717, 1.165) is 53.8 Å². The Balaban J connectivity index is 1.27. The van der Waals surface area contributed by atoms with E-state index in [4.69, 9.17) is 25.1 Å². The molecule has 0 atom stereocenters. The Morgan fingerprint density at radius 3 is 2.27 bits per heavy atom. The summed E-state index contributed by atoms with van der Waals surface area (Å²) < 4.78 is 35.3. The van der Waals surface area contributed by atoms with Crippen LogP contribution in [0.1, 0.15) is 23.3 Å². The highest BCUT2D eigenvalue weighted by atomic mass is 19.1. The molecule has 33 heavy (non-hydrogen) atoms. The molecule has 0 radical (unpaired) electrons. The van der Waals surface area contributed by atoms with Crippen LogP contribution in [0, 0.1) is 18.2 Å². The molecule has 3 rings (SSSR count). The minimum Gasteiger partial charge on any atom is -0.461 e. The number of aryl methyl sites for hydroxylation is 2. The van der Waals surface area contributed by atoms with Crippen LogP contribution in [0.5, 0.6) is 0 Å². The van der Waals surface area contributed by atoms with Gasteiger partial charge in [0.15, 0.2) is 0 Å². The summed E-state index contributed by atoms with van der Waals surface area (Å²) in [6.07, 6.45) is 7.38. The fourth-order valence-corrected chi connectivity index (χ4v) is 3.33. The second-order valence-corrected chi connectivity index (χ2v) is 7.68. The van der Waals surface area contributed by atoms with E-state index < -0.39 is 0 Å². The smallest absolute Gasteiger partial charge is 0.134 e. The van der Waals surface area contributed by atoms with Gasteiger partial charge in [-0.1, -0.05) is 24.3 Å². The van der Waals surface area contributed by atoms with Gasteiger partial charge in [0.25, 0.3) is 0 Å². The maximum atomic E-state index is 13.0. The van der Waals surface area contributed by atoms with Gasteiger partial charge >= 0.3 is 0 Å². The Bertz CT molecular complexity index is 994. The fourth-order valence-electron chi connectivity index (χ4n) is 3.33. The van der Waals surface area contributed by atoms with Gasteiger partial charge in [0.05, 0.1) is 39.6 Å². The van der Waals surface area contributed by atoms with E-state index in [-0.39, 0.29) is 5.82 Å². The average Bonchev–Trinajstić information content (AvgIpc) is 3.24. The third kappa shape index (κ3) is 9.37. The Kier molecular flexibility index (Phi) is 10.9. The Morgan fingerprint density at radius 1 is 0.818 bits per heavy atom. The molecule has 0 saturated heterocycles. The lowest BCUT2D eigenvalue weighted by atomic mass is 10.1. The van der Waals surface area contributed by atoms with Crippen LogP contribution in [0.25, 0.3) is 11.0 Å². The molecule has 5 nitrogen and oxygen atoms in total. The normalized spacial score (nSPS) is 11.2. The molecular formula is C27H32FNO4.